The van der Waals surface area contributed by atoms with Gasteiger partial charge in [0.25, 0.3) is 0 Å². The van der Waals surface area contributed by atoms with Gasteiger partial charge in [-0.2, -0.15) is 4.70 Å². The Kier molecular flexibility index (Phi) is 1.10. The first-order chi connectivity index (χ1) is 4.63. The van der Waals surface area contributed by atoms with E-state index < -0.39 is 0 Å². The third kappa shape index (κ3) is 0.694. The van der Waals surface area contributed by atoms with Crippen LogP contribution in [0.5, 0.6) is 0 Å². The van der Waals surface area contributed by atoms with E-state index in [1.54, 1.807) is 0 Å². The lowest BCUT2D eigenvalue weighted by molar-refractivity contribution is -1.04. The Labute approximate surface area is 60.4 Å². The monoisotopic (exact) mass is 144 g/mol. The molecule has 2 aliphatic heterocycles. The van der Waals surface area contributed by atoms with Crippen molar-refractivity contribution in [2.45, 2.75) is 19.1 Å². The van der Waals surface area contributed by atoms with Crippen LogP contribution in [0, 0.1) is 0 Å². The fourth-order valence-corrected chi connectivity index (χ4v) is 1.59. The normalized spacial score (nSPS) is 50.1. The predicted molar refractivity (Wildman–Crippen MR) is 36.6 cm³/mol. The standard InChI is InChI=1S/C5H14N5/c1-4-5-6-7-8-10(2,3)9(4)5/h4-8H,1-3H3/q+1. The largest absolute Gasteiger partial charge is 0.216 e. The van der Waals surface area contributed by atoms with Crippen LogP contribution in [0.1, 0.15) is 6.92 Å². The van der Waals surface area contributed by atoms with Crippen molar-refractivity contribution in [3.63, 3.8) is 0 Å². The average Bonchev–Trinajstić information content (AvgIpc) is 2.43. The molecule has 3 unspecified atom stereocenters. The van der Waals surface area contributed by atoms with Crippen molar-refractivity contribution >= 4 is 0 Å². The average molecular weight is 144 g/mol. The first-order valence-corrected chi connectivity index (χ1v) is 3.53. The SMILES string of the molecule is CC1C2NNN[N+](C)(C)N12. The van der Waals surface area contributed by atoms with E-state index >= 15 is 0 Å². The van der Waals surface area contributed by atoms with Crippen molar-refractivity contribution in [1.29, 1.82) is 0 Å². The molecule has 2 rings (SSSR count). The van der Waals surface area contributed by atoms with Gasteiger partial charge in [0.1, 0.15) is 20.3 Å². The van der Waals surface area contributed by atoms with Crippen LogP contribution in [0.2, 0.25) is 0 Å². The van der Waals surface area contributed by atoms with Gasteiger partial charge in [-0.15, -0.1) is 10.5 Å². The second-order valence-electron chi connectivity index (χ2n) is 3.34. The minimum Gasteiger partial charge on any atom is -0.216 e. The summed E-state index contributed by atoms with van der Waals surface area (Å²) < 4.78 is 0.707. The summed E-state index contributed by atoms with van der Waals surface area (Å²) in [5.74, 6) is 0. The van der Waals surface area contributed by atoms with E-state index in [1.165, 1.54) is 0 Å². The number of hydrazine groups is 2. The summed E-state index contributed by atoms with van der Waals surface area (Å²) in [5, 5.41) is 2.32. The summed E-state index contributed by atoms with van der Waals surface area (Å²) in [7, 11) is 4.20. The number of quaternary nitrogens is 1. The van der Waals surface area contributed by atoms with E-state index in [9.17, 15) is 0 Å². The predicted octanol–water partition coefficient (Wildman–Crippen LogP) is -1.46. The van der Waals surface area contributed by atoms with E-state index in [-0.39, 0.29) is 0 Å². The molecule has 58 valence electrons. The van der Waals surface area contributed by atoms with Gasteiger partial charge >= 0.3 is 0 Å². The minimum absolute atomic E-state index is 0.497. The fourth-order valence-electron chi connectivity index (χ4n) is 1.59. The van der Waals surface area contributed by atoms with Crippen molar-refractivity contribution in [2.24, 2.45) is 0 Å². The summed E-state index contributed by atoms with van der Waals surface area (Å²) in [4.78, 5) is 0. The van der Waals surface area contributed by atoms with Gasteiger partial charge in [0, 0.05) is 0 Å². The van der Waals surface area contributed by atoms with E-state index in [0.29, 0.717) is 16.9 Å². The van der Waals surface area contributed by atoms with Crippen molar-refractivity contribution < 1.29 is 4.70 Å². The molecule has 0 aliphatic carbocycles. The van der Waals surface area contributed by atoms with Crippen LogP contribution in [0.25, 0.3) is 0 Å². The molecule has 3 N–H and O–H groups in total. The molecule has 0 saturated carbocycles. The highest BCUT2D eigenvalue weighted by Gasteiger charge is 2.58. The lowest BCUT2D eigenvalue weighted by Crippen LogP contribution is -2.69. The first-order valence-electron chi connectivity index (χ1n) is 3.53. The topological polar surface area (TPSA) is 39.1 Å². The number of rotatable bonds is 0. The Balaban J connectivity index is 2.12. The maximum absolute atomic E-state index is 3.11. The molecule has 10 heavy (non-hydrogen) atoms. The van der Waals surface area contributed by atoms with Crippen LogP contribution in [0.15, 0.2) is 0 Å². The molecule has 3 atom stereocenters. The lowest BCUT2D eigenvalue weighted by atomic mass is 10.5. The van der Waals surface area contributed by atoms with E-state index in [4.69, 9.17) is 0 Å². The van der Waals surface area contributed by atoms with Crippen LogP contribution < -0.4 is 16.5 Å². The Morgan fingerprint density at radius 3 is 2.60 bits per heavy atom. The number of fused-ring (bicyclic) bond motifs is 1. The summed E-state index contributed by atoms with van der Waals surface area (Å²) in [6.45, 7) is 2.20. The quantitative estimate of drug-likeness (QED) is 0.287. The zero-order valence-electron chi connectivity index (χ0n) is 6.55. The van der Waals surface area contributed by atoms with Gasteiger partial charge in [-0.3, -0.25) is 0 Å². The fraction of sp³-hybridized carbons (Fsp3) is 1.00. The lowest BCUT2D eigenvalue weighted by Gasteiger charge is -2.33. The highest BCUT2D eigenvalue weighted by molar-refractivity contribution is 4.90. The van der Waals surface area contributed by atoms with Gasteiger partial charge in [0.05, 0.1) is 6.04 Å². The summed E-state index contributed by atoms with van der Waals surface area (Å²) in [6, 6.07) is 0.623. The molecule has 0 aromatic heterocycles. The van der Waals surface area contributed by atoms with Crippen LogP contribution in [-0.2, 0) is 0 Å². The zero-order valence-corrected chi connectivity index (χ0v) is 6.55. The van der Waals surface area contributed by atoms with Crippen LogP contribution in [0.4, 0.5) is 0 Å². The Morgan fingerprint density at radius 1 is 1.40 bits per heavy atom. The summed E-state index contributed by atoms with van der Waals surface area (Å²) in [6.07, 6.45) is 0.497. The number of nitrogens with one attached hydrogen (secondary N) is 3. The highest BCUT2D eigenvalue weighted by atomic mass is 16.1. The van der Waals surface area contributed by atoms with E-state index in [2.05, 4.69) is 42.5 Å². The Morgan fingerprint density at radius 2 is 2.10 bits per heavy atom. The molecule has 2 heterocycles. The Hall–Kier alpha value is -0.200. The molecule has 0 aromatic rings. The van der Waals surface area contributed by atoms with Gasteiger partial charge in [-0.25, -0.2) is 5.43 Å². The first kappa shape index (κ1) is 6.51. The molecule has 0 radical (unpaired) electrons. The van der Waals surface area contributed by atoms with Crippen LogP contribution in [0.3, 0.4) is 0 Å². The van der Waals surface area contributed by atoms with Crippen molar-refractivity contribution in [2.75, 3.05) is 14.1 Å². The van der Waals surface area contributed by atoms with Crippen molar-refractivity contribution in [1.82, 2.24) is 21.5 Å². The molecule has 2 saturated heterocycles. The van der Waals surface area contributed by atoms with Crippen molar-refractivity contribution in [3.05, 3.63) is 0 Å². The molecule has 2 fully saturated rings. The van der Waals surface area contributed by atoms with E-state index in [0.717, 1.165) is 0 Å². The summed E-state index contributed by atoms with van der Waals surface area (Å²) in [5.41, 5.74) is 9.12. The zero-order chi connectivity index (χ0) is 7.35. The van der Waals surface area contributed by atoms with Crippen molar-refractivity contribution in [3.8, 4) is 0 Å². The van der Waals surface area contributed by atoms with Gasteiger partial charge in [0.2, 0.25) is 0 Å². The molecular weight excluding hydrogens is 130 g/mol. The minimum atomic E-state index is 0.497. The Bertz CT molecular complexity index is 156. The molecule has 0 aromatic carbocycles. The second-order valence-corrected chi connectivity index (χ2v) is 3.34. The van der Waals surface area contributed by atoms with Gasteiger partial charge < -0.3 is 0 Å². The number of nitrogens with zero attached hydrogens (tertiary/aromatic N) is 2. The van der Waals surface area contributed by atoms with Gasteiger partial charge in [-0.05, 0) is 6.92 Å². The van der Waals surface area contributed by atoms with Gasteiger partial charge in [0.15, 0.2) is 0 Å². The smallest absolute Gasteiger partial charge is 0.145 e. The maximum Gasteiger partial charge on any atom is 0.145 e. The molecule has 0 amide bonds. The molecule has 2 aliphatic rings. The van der Waals surface area contributed by atoms with Gasteiger partial charge in [-0.1, -0.05) is 5.53 Å². The van der Waals surface area contributed by atoms with Crippen LogP contribution in [-0.4, -0.2) is 36.0 Å². The summed E-state index contributed by atoms with van der Waals surface area (Å²) >= 11 is 0. The molecule has 0 spiro atoms. The number of hydrogen-bond acceptors (Lipinski definition) is 4. The number of hydrogen-bond donors (Lipinski definition) is 3. The molecule has 0 bridgehead atoms. The third-order valence-electron chi connectivity index (χ3n) is 2.20. The maximum atomic E-state index is 3.11. The highest BCUT2D eigenvalue weighted by Crippen LogP contribution is 2.30. The van der Waals surface area contributed by atoms with E-state index in [1.807, 2.05) is 0 Å². The third-order valence-corrected chi connectivity index (χ3v) is 2.20. The second kappa shape index (κ2) is 1.69. The molecule has 5 nitrogen and oxygen atoms in total. The molecular formula is C5H14N5+. The van der Waals surface area contributed by atoms with Crippen LogP contribution >= 0.6 is 0 Å². The molecule has 5 heteroatoms.